The van der Waals surface area contributed by atoms with Crippen LogP contribution in [0.3, 0.4) is 0 Å². The zero-order chi connectivity index (χ0) is 36.6. The maximum Gasteiger partial charge on any atom is 0.408 e. The van der Waals surface area contributed by atoms with Crippen molar-refractivity contribution in [3.63, 3.8) is 0 Å². The summed E-state index contributed by atoms with van der Waals surface area (Å²) in [5.41, 5.74) is -0.0390. The molecule has 3 atom stereocenters. The molecule has 0 heterocycles. The molecule has 0 fully saturated rings. The summed E-state index contributed by atoms with van der Waals surface area (Å²) in [7, 11) is 0. The molecule has 2 rings (SSSR count). The van der Waals surface area contributed by atoms with Gasteiger partial charge in [0.25, 0.3) is 0 Å². The van der Waals surface area contributed by atoms with Crippen molar-refractivity contribution < 1.29 is 43.3 Å². The first-order valence-corrected chi connectivity index (χ1v) is 16.5. The number of hydrogen-bond acceptors (Lipinski definition) is 9. The number of ether oxygens (including phenoxy) is 3. The van der Waals surface area contributed by atoms with Crippen LogP contribution in [0.15, 0.2) is 54.6 Å². The molecule has 0 aliphatic carbocycles. The summed E-state index contributed by atoms with van der Waals surface area (Å²) in [6, 6.07) is 12.0. The molecule has 13 nitrogen and oxygen atoms in total. The van der Waals surface area contributed by atoms with Crippen LogP contribution >= 0.6 is 0 Å². The van der Waals surface area contributed by atoms with Crippen LogP contribution in [0.1, 0.15) is 78.9 Å². The minimum absolute atomic E-state index is 0.0504. The predicted molar refractivity (Wildman–Crippen MR) is 184 cm³/mol. The monoisotopic (exact) mass is 684 g/mol. The fourth-order valence-electron chi connectivity index (χ4n) is 4.60. The van der Waals surface area contributed by atoms with E-state index in [1.165, 1.54) is 12.1 Å². The second-order valence-corrected chi connectivity index (χ2v) is 13.6. The highest BCUT2D eigenvalue weighted by atomic mass is 16.6. The van der Waals surface area contributed by atoms with E-state index in [-0.39, 0.29) is 38.2 Å². The molecule has 0 radical (unpaired) electrons. The van der Waals surface area contributed by atoms with Gasteiger partial charge in [-0.1, -0.05) is 42.5 Å². The van der Waals surface area contributed by atoms with Gasteiger partial charge in [0, 0.05) is 19.4 Å². The molecule has 0 saturated heterocycles. The lowest BCUT2D eigenvalue weighted by atomic mass is 10.0. The Hall–Kier alpha value is -4.81. The Balaban J connectivity index is 2.27. The number of benzene rings is 2. The SMILES string of the molecule is CCOC(=O)[C@H](Cc1ccc(O)cc1)NC(=O)[C@H](CCCCNC(=O)OC(C)(C)C)NC(=O)[C@H](Cc1ccccc1)NC(=O)OC(C)(C)C. The molecule has 13 heteroatoms. The average molecular weight is 685 g/mol. The number of phenols is 1. The molecule has 0 aliphatic heterocycles. The van der Waals surface area contributed by atoms with Gasteiger partial charge < -0.3 is 40.6 Å². The average Bonchev–Trinajstić information content (AvgIpc) is 2.99. The molecule has 0 saturated carbocycles. The molecular weight excluding hydrogens is 632 g/mol. The predicted octanol–water partition coefficient (Wildman–Crippen LogP) is 4.30. The Morgan fingerprint density at radius 2 is 1.20 bits per heavy atom. The number of nitrogens with one attached hydrogen (secondary N) is 4. The zero-order valence-corrected chi connectivity index (χ0v) is 29.6. The number of carbonyl (C=O) groups excluding carboxylic acids is 5. The van der Waals surface area contributed by atoms with Crippen molar-refractivity contribution in [3.05, 3.63) is 65.7 Å². The number of alkyl carbamates (subject to hydrolysis) is 2. The quantitative estimate of drug-likeness (QED) is 0.0979. The molecular formula is C36H52N4O9. The molecule has 0 aromatic heterocycles. The van der Waals surface area contributed by atoms with Gasteiger partial charge in [0.1, 0.15) is 35.1 Å². The number of phenolic OH excluding ortho intramolecular Hbond substituents is 1. The highest BCUT2D eigenvalue weighted by Gasteiger charge is 2.31. The van der Waals surface area contributed by atoms with E-state index in [2.05, 4.69) is 21.3 Å². The zero-order valence-electron chi connectivity index (χ0n) is 29.6. The highest BCUT2D eigenvalue weighted by Crippen LogP contribution is 2.14. The molecule has 0 aliphatic rings. The van der Waals surface area contributed by atoms with Crippen LogP contribution in [-0.4, -0.2) is 77.6 Å². The minimum atomic E-state index is -1.12. The van der Waals surface area contributed by atoms with Crippen LogP contribution in [-0.2, 0) is 41.4 Å². The summed E-state index contributed by atoms with van der Waals surface area (Å²) in [4.78, 5) is 65.3. The van der Waals surface area contributed by atoms with E-state index in [0.717, 1.165) is 5.56 Å². The Morgan fingerprint density at radius 1 is 0.673 bits per heavy atom. The number of aromatic hydroxyl groups is 1. The van der Waals surface area contributed by atoms with Crippen LogP contribution in [0.25, 0.3) is 0 Å². The molecule has 49 heavy (non-hydrogen) atoms. The van der Waals surface area contributed by atoms with Crippen molar-refractivity contribution in [2.75, 3.05) is 13.2 Å². The van der Waals surface area contributed by atoms with Crippen molar-refractivity contribution in [1.82, 2.24) is 21.3 Å². The van der Waals surface area contributed by atoms with Crippen LogP contribution in [0.4, 0.5) is 9.59 Å². The molecule has 4 amide bonds. The Kier molecular flexibility index (Phi) is 15.9. The fourth-order valence-corrected chi connectivity index (χ4v) is 4.60. The van der Waals surface area contributed by atoms with E-state index >= 15 is 0 Å². The van der Waals surface area contributed by atoms with Crippen LogP contribution in [0.5, 0.6) is 5.75 Å². The molecule has 2 aromatic carbocycles. The number of amides is 4. The third kappa shape index (κ3) is 16.7. The maximum absolute atomic E-state index is 13.8. The summed E-state index contributed by atoms with van der Waals surface area (Å²) in [5.74, 6) is -1.88. The Bertz CT molecular complexity index is 1370. The van der Waals surface area contributed by atoms with E-state index in [1.54, 1.807) is 60.6 Å². The fraction of sp³-hybridized carbons (Fsp3) is 0.528. The lowest BCUT2D eigenvalue weighted by Crippen LogP contribution is -2.57. The summed E-state index contributed by atoms with van der Waals surface area (Å²) in [5, 5.41) is 20.5. The standard InChI is InChI=1S/C36H52N4O9/c1-8-47-32(44)29(23-25-17-19-26(41)20-18-25)39-30(42)27(16-12-13-21-37-33(45)48-35(2,3)4)38-31(43)28(22-24-14-10-9-11-15-24)40-34(46)49-36(5,6)7/h9-11,14-15,17-20,27-29,41H,8,12-13,16,21-23H2,1-7H3,(H,37,45)(H,38,43)(H,39,42)(H,40,46)/t27-,28-,29-/m0/s1. The van der Waals surface area contributed by atoms with E-state index in [9.17, 15) is 29.1 Å². The van der Waals surface area contributed by atoms with Crippen LogP contribution in [0, 0.1) is 0 Å². The molecule has 0 unspecified atom stereocenters. The number of unbranched alkanes of at least 4 members (excludes halogenated alkanes) is 1. The molecule has 0 bridgehead atoms. The van der Waals surface area contributed by atoms with Gasteiger partial charge >= 0.3 is 18.2 Å². The van der Waals surface area contributed by atoms with Gasteiger partial charge in [-0.05, 0) is 91.0 Å². The summed E-state index contributed by atoms with van der Waals surface area (Å²) in [6.45, 7) is 12.4. The van der Waals surface area contributed by atoms with Gasteiger partial charge in [-0.15, -0.1) is 0 Å². The van der Waals surface area contributed by atoms with E-state index in [1.807, 2.05) is 30.3 Å². The second-order valence-electron chi connectivity index (χ2n) is 13.6. The molecule has 5 N–H and O–H groups in total. The normalized spacial score (nSPS) is 13.2. The number of rotatable bonds is 16. The molecule has 0 spiro atoms. The summed E-state index contributed by atoms with van der Waals surface area (Å²) in [6.07, 6.45) is -0.176. The Labute approximate surface area is 288 Å². The van der Waals surface area contributed by atoms with Gasteiger partial charge in [0.15, 0.2) is 0 Å². The maximum atomic E-state index is 13.8. The van der Waals surface area contributed by atoms with Gasteiger partial charge in [-0.3, -0.25) is 9.59 Å². The second kappa shape index (κ2) is 19.3. The lowest BCUT2D eigenvalue weighted by molar-refractivity contribution is -0.147. The van der Waals surface area contributed by atoms with E-state index < -0.39 is 59.3 Å². The first kappa shape index (κ1) is 40.4. The van der Waals surface area contributed by atoms with E-state index in [0.29, 0.717) is 18.4 Å². The lowest BCUT2D eigenvalue weighted by Gasteiger charge is -2.26. The highest BCUT2D eigenvalue weighted by molar-refractivity contribution is 5.93. The van der Waals surface area contributed by atoms with Crippen molar-refractivity contribution in [2.45, 2.75) is 110 Å². The van der Waals surface area contributed by atoms with Crippen LogP contribution in [0.2, 0.25) is 0 Å². The van der Waals surface area contributed by atoms with E-state index in [4.69, 9.17) is 14.2 Å². The van der Waals surface area contributed by atoms with Crippen molar-refractivity contribution >= 4 is 30.0 Å². The van der Waals surface area contributed by atoms with Gasteiger partial charge in [-0.25, -0.2) is 14.4 Å². The van der Waals surface area contributed by atoms with Crippen molar-refractivity contribution in [3.8, 4) is 5.75 Å². The number of esters is 1. The molecule has 270 valence electrons. The Morgan fingerprint density at radius 3 is 1.80 bits per heavy atom. The summed E-state index contributed by atoms with van der Waals surface area (Å²) < 4.78 is 15.9. The number of hydrogen-bond donors (Lipinski definition) is 5. The van der Waals surface area contributed by atoms with Crippen molar-refractivity contribution in [2.24, 2.45) is 0 Å². The van der Waals surface area contributed by atoms with Gasteiger partial charge in [0.2, 0.25) is 11.8 Å². The van der Waals surface area contributed by atoms with Crippen molar-refractivity contribution in [1.29, 1.82) is 0 Å². The molecule has 2 aromatic rings. The first-order valence-electron chi connectivity index (χ1n) is 16.5. The largest absolute Gasteiger partial charge is 0.508 e. The van der Waals surface area contributed by atoms with Gasteiger partial charge in [-0.2, -0.15) is 0 Å². The van der Waals surface area contributed by atoms with Gasteiger partial charge in [0.05, 0.1) is 6.61 Å². The topological polar surface area (TPSA) is 181 Å². The first-order chi connectivity index (χ1) is 23.0. The smallest absolute Gasteiger partial charge is 0.408 e. The summed E-state index contributed by atoms with van der Waals surface area (Å²) >= 11 is 0. The van der Waals surface area contributed by atoms with Crippen LogP contribution < -0.4 is 21.3 Å². The minimum Gasteiger partial charge on any atom is -0.508 e. The number of carbonyl (C=O) groups is 5. The third-order valence-corrected chi connectivity index (χ3v) is 6.77. The third-order valence-electron chi connectivity index (χ3n) is 6.77.